The molecule has 0 spiro atoms. The molecule has 0 aliphatic rings. The van der Waals surface area contributed by atoms with Crippen molar-refractivity contribution in [2.45, 2.75) is 31.7 Å². The summed E-state index contributed by atoms with van der Waals surface area (Å²) < 4.78 is 32.2. The van der Waals surface area contributed by atoms with Gasteiger partial charge in [0.05, 0.1) is 4.90 Å². The van der Waals surface area contributed by atoms with E-state index in [9.17, 15) is 8.42 Å². The zero-order valence-corrected chi connectivity index (χ0v) is 14.2. The SMILES string of the molecule is COCCC(C)(C)CNS(=O)(=O)c1ccc(CN)c(Cl)c1. The Morgan fingerprint density at radius 2 is 2.05 bits per heavy atom. The number of halogens is 1. The Morgan fingerprint density at radius 1 is 1.38 bits per heavy atom. The van der Waals surface area contributed by atoms with Crippen LogP contribution in [0.1, 0.15) is 25.8 Å². The Labute approximate surface area is 131 Å². The van der Waals surface area contributed by atoms with Crippen molar-refractivity contribution < 1.29 is 13.2 Å². The first kappa shape index (κ1) is 18.4. The number of hydrogen-bond donors (Lipinski definition) is 2. The van der Waals surface area contributed by atoms with E-state index in [-0.39, 0.29) is 16.9 Å². The van der Waals surface area contributed by atoms with Crippen molar-refractivity contribution in [1.29, 1.82) is 0 Å². The lowest BCUT2D eigenvalue weighted by molar-refractivity contribution is 0.153. The predicted molar refractivity (Wildman–Crippen MR) is 84.8 cm³/mol. The molecule has 3 N–H and O–H groups in total. The molecule has 1 aromatic rings. The van der Waals surface area contributed by atoms with Crippen molar-refractivity contribution in [1.82, 2.24) is 4.72 Å². The molecule has 1 rings (SSSR count). The van der Waals surface area contributed by atoms with Crippen molar-refractivity contribution >= 4 is 21.6 Å². The molecule has 0 aromatic heterocycles. The Morgan fingerprint density at radius 3 is 2.57 bits per heavy atom. The molecule has 0 heterocycles. The maximum absolute atomic E-state index is 12.3. The van der Waals surface area contributed by atoms with Crippen LogP contribution in [0.15, 0.2) is 23.1 Å². The molecule has 0 aliphatic heterocycles. The number of hydrogen-bond acceptors (Lipinski definition) is 4. The Hall–Kier alpha value is -0.660. The van der Waals surface area contributed by atoms with Gasteiger partial charge in [0.25, 0.3) is 0 Å². The topological polar surface area (TPSA) is 81.4 Å². The Bertz CT molecular complexity index is 574. The molecule has 21 heavy (non-hydrogen) atoms. The first-order valence-corrected chi connectivity index (χ1v) is 8.55. The molecule has 120 valence electrons. The summed E-state index contributed by atoms with van der Waals surface area (Å²) in [6.45, 7) is 5.16. The summed E-state index contributed by atoms with van der Waals surface area (Å²) in [7, 11) is -1.96. The quantitative estimate of drug-likeness (QED) is 0.763. The van der Waals surface area contributed by atoms with Gasteiger partial charge in [-0.1, -0.05) is 31.5 Å². The number of nitrogens with two attached hydrogens (primary N) is 1. The molecule has 0 saturated carbocycles. The maximum Gasteiger partial charge on any atom is 0.240 e. The first-order chi connectivity index (χ1) is 9.72. The number of nitrogens with one attached hydrogen (secondary N) is 1. The third-order valence-corrected chi connectivity index (χ3v) is 5.03. The molecule has 0 radical (unpaired) electrons. The summed E-state index contributed by atoms with van der Waals surface area (Å²) in [6.07, 6.45) is 0.763. The fraction of sp³-hybridized carbons (Fsp3) is 0.571. The molecule has 0 saturated heterocycles. The number of methoxy groups -OCH3 is 1. The number of sulfonamides is 1. The molecule has 0 unspecified atom stereocenters. The van der Waals surface area contributed by atoms with Gasteiger partial charge in [-0.15, -0.1) is 0 Å². The van der Waals surface area contributed by atoms with Gasteiger partial charge >= 0.3 is 0 Å². The van der Waals surface area contributed by atoms with Crippen LogP contribution in [-0.4, -0.2) is 28.7 Å². The lowest BCUT2D eigenvalue weighted by atomic mass is 9.90. The highest BCUT2D eigenvalue weighted by Gasteiger charge is 2.22. The van der Waals surface area contributed by atoms with Crippen molar-refractivity contribution in [3.63, 3.8) is 0 Å². The molecule has 0 aliphatic carbocycles. The van der Waals surface area contributed by atoms with E-state index in [4.69, 9.17) is 22.1 Å². The molecule has 0 bridgehead atoms. The van der Waals surface area contributed by atoms with Gasteiger partial charge in [0.1, 0.15) is 0 Å². The van der Waals surface area contributed by atoms with E-state index < -0.39 is 10.0 Å². The highest BCUT2D eigenvalue weighted by atomic mass is 35.5. The van der Waals surface area contributed by atoms with Crippen molar-refractivity contribution in [3.8, 4) is 0 Å². The molecular formula is C14H23ClN2O3S. The summed E-state index contributed by atoms with van der Waals surface area (Å²) in [5, 5.41) is 0.360. The number of rotatable bonds is 8. The van der Waals surface area contributed by atoms with Crippen LogP contribution < -0.4 is 10.5 Å². The standard InChI is InChI=1S/C14H23ClN2O3S/c1-14(2,6-7-20-3)10-17-21(18,19)12-5-4-11(9-16)13(15)8-12/h4-5,8,17H,6-7,9-10,16H2,1-3H3. The highest BCUT2D eigenvalue weighted by Crippen LogP contribution is 2.23. The van der Waals surface area contributed by atoms with Crippen molar-refractivity contribution in [3.05, 3.63) is 28.8 Å². The minimum Gasteiger partial charge on any atom is -0.385 e. The van der Waals surface area contributed by atoms with Crippen LogP contribution >= 0.6 is 11.6 Å². The number of benzene rings is 1. The lowest BCUT2D eigenvalue weighted by Crippen LogP contribution is -2.34. The number of ether oxygens (including phenoxy) is 1. The average Bonchev–Trinajstić information content (AvgIpc) is 2.43. The zero-order valence-electron chi connectivity index (χ0n) is 12.6. The highest BCUT2D eigenvalue weighted by molar-refractivity contribution is 7.89. The Balaban J connectivity index is 2.80. The predicted octanol–water partition coefficient (Wildman–Crippen LogP) is 2.14. The van der Waals surface area contributed by atoms with Gasteiger partial charge in [-0.05, 0) is 29.5 Å². The van der Waals surface area contributed by atoms with E-state index in [2.05, 4.69) is 4.72 Å². The fourth-order valence-corrected chi connectivity index (χ4v) is 3.29. The van der Waals surface area contributed by atoms with Crippen LogP contribution in [0.5, 0.6) is 0 Å². The van der Waals surface area contributed by atoms with Crippen LogP contribution in [0.4, 0.5) is 0 Å². The second-order valence-corrected chi connectivity index (χ2v) is 7.86. The average molecular weight is 335 g/mol. The van der Waals surface area contributed by atoms with Crippen LogP contribution in [-0.2, 0) is 21.3 Å². The van der Waals surface area contributed by atoms with Crippen molar-refractivity contribution in [2.24, 2.45) is 11.1 Å². The van der Waals surface area contributed by atoms with E-state index in [1.165, 1.54) is 12.1 Å². The maximum atomic E-state index is 12.3. The van der Waals surface area contributed by atoms with E-state index in [0.29, 0.717) is 18.2 Å². The van der Waals surface area contributed by atoms with Gasteiger partial charge in [-0.3, -0.25) is 0 Å². The minimum absolute atomic E-state index is 0.146. The summed E-state index contributed by atoms with van der Waals surface area (Å²) in [6, 6.07) is 4.57. The monoisotopic (exact) mass is 334 g/mol. The summed E-state index contributed by atoms with van der Waals surface area (Å²) in [5.41, 5.74) is 6.04. The van der Waals surface area contributed by atoms with Crippen LogP contribution in [0.3, 0.4) is 0 Å². The second kappa shape index (κ2) is 7.56. The molecular weight excluding hydrogens is 312 g/mol. The zero-order chi connectivity index (χ0) is 16.1. The molecule has 5 nitrogen and oxygen atoms in total. The molecule has 0 atom stereocenters. The van der Waals surface area contributed by atoms with Crippen LogP contribution in [0.25, 0.3) is 0 Å². The first-order valence-electron chi connectivity index (χ1n) is 6.69. The minimum atomic E-state index is -3.58. The molecule has 0 amide bonds. The van der Waals surface area contributed by atoms with Crippen molar-refractivity contribution in [2.75, 3.05) is 20.3 Å². The van der Waals surface area contributed by atoms with Gasteiger partial charge in [0.15, 0.2) is 0 Å². The summed E-state index contributed by atoms with van der Waals surface area (Å²) in [5.74, 6) is 0. The second-order valence-electron chi connectivity index (χ2n) is 5.69. The summed E-state index contributed by atoms with van der Waals surface area (Å²) >= 11 is 6.01. The largest absolute Gasteiger partial charge is 0.385 e. The molecule has 0 fully saturated rings. The molecule has 1 aromatic carbocycles. The van der Waals surface area contributed by atoms with E-state index in [1.807, 2.05) is 13.8 Å². The Kier molecular flexibility index (Phi) is 6.62. The van der Waals surface area contributed by atoms with Crippen LogP contribution in [0.2, 0.25) is 5.02 Å². The smallest absolute Gasteiger partial charge is 0.240 e. The summed E-state index contributed by atoms with van der Waals surface area (Å²) in [4.78, 5) is 0.146. The third kappa shape index (κ3) is 5.56. The third-order valence-electron chi connectivity index (χ3n) is 3.28. The van der Waals surface area contributed by atoms with Gasteiger partial charge in [0.2, 0.25) is 10.0 Å². The van der Waals surface area contributed by atoms with Gasteiger partial charge < -0.3 is 10.5 Å². The fourth-order valence-electron chi connectivity index (χ4n) is 1.70. The van der Waals surface area contributed by atoms with E-state index >= 15 is 0 Å². The lowest BCUT2D eigenvalue weighted by Gasteiger charge is -2.24. The van der Waals surface area contributed by atoms with Gasteiger partial charge in [0, 0.05) is 31.8 Å². The van der Waals surface area contributed by atoms with Gasteiger partial charge in [-0.2, -0.15) is 0 Å². The van der Waals surface area contributed by atoms with Crippen LogP contribution in [0, 0.1) is 5.41 Å². The normalized spacial score (nSPS) is 12.6. The van der Waals surface area contributed by atoms with E-state index in [0.717, 1.165) is 12.0 Å². The van der Waals surface area contributed by atoms with E-state index in [1.54, 1.807) is 13.2 Å². The van der Waals surface area contributed by atoms with Gasteiger partial charge in [-0.25, -0.2) is 13.1 Å². The molecule has 7 heteroatoms.